The van der Waals surface area contributed by atoms with Crippen LogP contribution in [0.4, 0.5) is 85.3 Å². The number of hydrogen-bond donors (Lipinski definition) is 0. The molecule has 0 saturated carbocycles. The lowest BCUT2D eigenvalue weighted by molar-refractivity contribution is 1.12. The smallest absolute Gasteiger partial charge is 0.0482 e. The summed E-state index contributed by atoms with van der Waals surface area (Å²) in [5.74, 6) is 0. The van der Waals surface area contributed by atoms with Crippen LogP contribution in [-0.4, -0.2) is 27.4 Å². The minimum atomic E-state index is 1.02. The minimum absolute atomic E-state index is 1.02. The number of nitrogens with zero attached hydrogens (tertiary/aromatic N) is 11. The number of fused-ring (bicyclic) bond motifs is 22. The Morgan fingerprint density at radius 1 is 0.0699 bits per heavy atom. The van der Waals surface area contributed by atoms with Crippen molar-refractivity contribution in [1.29, 1.82) is 0 Å². The van der Waals surface area contributed by atoms with E-state index >= 15 is 0 Å². The van der Waals surface area contributed by atoms with E-state index in [9.17, 15) is 0 Å². The van der Waals surface area contributed by atoms with E-state index in [2.05, 4.69) is 652 Å². The third kappa shape index (κ3) is 18.5. The largest absolute Gasteiger partial charge is 0.310 e. The molecule has 11 nitrogen and oxygen atoms in total. The number of para-hydroxylation sites is 11. The highest BCUT2D eigenvalue weighted by atomic mass is 15.2. The van der Waals surface area contributed by atoms with Crippen LogP contribution in [0.1, 0.15) is 0 Å². The van der Waals surface area contributed by atoms with Crippen LogP contribution in [0.15, 0.2) is 601 Å². The molecule has 11 heteroatoms. The maximum Gasteiger partial charge on any atom is 0.0482 e. The van der Waals surface area contributed by atoms with Gasteiger partial charge in [-0.2, -0.15) is 0 Å². The van der Waals surface area contributed by atoms with Gasteiger partial charge in [0.15, 0.2) is 0 Å². The normalized spacial score (nSPS) is 11.7. The van der Waals surface area contributed by atoms with Crippen molar-refractivity contribution in [2.75, 3.05) is 24.5 Å². The van der Waals surface area contributed by atoms with Crippen molar-refractivity contribution in [3.63, 3.8) is 0 Å². The van der Waals surface area contributed by atoms with Crippen molar-refractivity contribution in [3.8, 4) is 34.1 Å². The average Bonchev–Trinajstić information content (AvgIpc) is 0.771. The summed E-state index contributed by atoms with van der Waals surface area (Å²) < 4.78 is 14.2. The second-order valence-corrected chi connectivity index (χ2v) is 35.1. The highest BCUT2D eigenvalue weighted by Crippen LogP contribution is 2.48. The van der Waals surface area contributed by atoms with E-state index in [-0.39, 0.29) is 0 Å². The van der Waals surface area contributed by atoms with E-state index in [0.717, 1.165) is 186 Å². The summed E-state index contributed by atoms with van der Waals surface area (Å²) in [5, 5.41) is 0. The molecule has 22 bridgehead atoms. The van der Waals surface area contributed by atoms with Gasteiger partial charge in [0.1, 0.15) is 0 Å². The quantitative estimate of drug-likeness (QED) is 0.129. The summed E-state index contributed by atoms with van der Waals surface area (Å²) >= 11 is 0. The fourth-order valence-corrected chi connectivity index (χ4v) is 19.8. The summed E-state index contributed by atoms with van der Waals surface area (Å²) in [7, 11) is 0. The summed E-state index contributed by atoms with van der Waals surface area (Å²) in [6.45, 7) is 0. The third-order valence-corrected chi connectivity index (χ3v) is 26.0. The number of anilines is 15. The molecule has 0 aliphatic carbocycles. The molecule has 0 N–H and O–H groups in total. The summed E-state index contributed by atoms with van der Waals surface area (Å²) in [6, 6.07) is 215. The molecular weight excluding hydrogens is 1740 g/mol. The molecular formula is C132H99N11. The van der Waals surface area contributed by atoms with Crippen LogP contribution in [0.25, 0.3) is 100 Å². The van der Waals surface area contributed by atoms with Crippen LogP contribution >= 0.6 is 0 Å². The van der Waals surface area contributed by atoms with Gasteiger partial charge in [0.2, 0.25) is 0 Å². The highest BCUT2D eigenvalue weighted by molar-refractivity contribution is 5.92. The number of benzene rings is 22. The number of rotatable bonds is 11. The molecule has 143 heavy (non-hydrogen) atoms. The molecule has 1 aliphatic heterocycles. The standard InChI is InChI=1S/C72H54N6.C60H45N5/c1-7-25-55(26-8-1)73-61-37-19-39-63(49-61)74(56-27-9-2-10-28-56)65-41-21-43-67(51-65)76(58-31-13-4-14-32-58)69-45-23-47-71(53-69)78(60-35-17-6-18-36-60)72-48-24-46-70(54-72)77(59-33-15-5-16-34-59)68-44-22-42-66(52-68)75(57-29-11-3-12-30-57)64-40-20-38-62(73)50-64;1-6-21-46(22-7-1)61-51-31-16-33-53(41-51)62(47-23-8-2-9-24-47)55-35-18-37-57(43-55)64(49-27-12-4-13-28-49)59-39-20-40-60(45-59)65(50-29-14-5-15-30-50)58-38-19-36-56(44-58)63(48-25-10-3-11-26-48)54-34-17-32-52(61)42-54/h1-54H;1-45H. The lowest BCUT2D eigenvalue weighted by Gasteiger charge is -2.33. The molecule has 0 spiro atoms. The van der Waals surface area contributed by atoms with Crippen LogP contribution < -0.4 is 24.5 Å². The predicted octanol–water partition coefficient (Wildman–Crippen LogP) is 35.8. The first-order valence-corrected chi connectivity index (χ1v) is 48.4. The molecule has 0 fully saturated rings. The molecule has 1 aliphatic rings. The summed E-state index contributed by atoms with van der Waals surface area (Å²) in [4.78, 5) is 11.8. The molecule has 0 atom stereocenters. The molecule has 0 unspecified atom stereocenters. The Labute approximate surface area is 832 Å². The molecule has 0 radical (unpaired) electrons. The van der Waals surface area contributed by atoms with Crippen LogP contribution in [-0.2, 0) is 0 Å². The maximum absolute atomic E-state index is 2.36. The Morgan fingerprint density at radius 2 is 0.161 bits per heavy atom. The first kappa shape index (κ1) is 87.7. The van der Waals surface area contributed by atoms with Crippen LogP contribution in [0, 0.1) is 0 Å². The fraction of sp³-hybridized carbons (Fsp3) is 0. The zero-order valence-corrected chi connectivity index (χ0v) is 78.6. The van der Waals surface area contributed by atoms with E-state index in [1.54, 1.807) is 0 Å². The first-order chi connectivity index (χ1) is 70.9. The lowest BCUT2D eigenvalue weighted by atomic mass is 10.1. The van der Waals surface area contributed by atoms with Gasteiger partial charge in [-0.3, -0.25) is 0 Å². The van der Waals surface area contributed by atoms with Crippen LogP contribution in [0.3, 0.4) is 0 Å². The van der Waals surface area contributed by atoms with Gasteiger partial charge in [-0.25, -0.2) is 0 Å². The van der Waals surface area contributed by atoms with Gasteiger partial charge in [0.25, 0.3) is 0 Å². The van der Waals surface area contributed by atoms with E-state index < -0.39 is 0 Å². The van der Waals surface area contributed by atoms with Crippen LogP contribution in [0.5, 0.6) is 0 Å². The molecule has 24 rings (SSSR count). The summed E-state index contributed by atoms with van der Waals surface area (Å²) in [6.07, 6.45) is 0. The highest BCUT2D eigenvalue weighted by Gasteiger charge is 2.25. The summed E-state index contributed by atoms with van der Waals surface area (Å²) in [5.41, 5.74) is 34.1. The molecule has 0 amide bonds. The van der Waals surface area contributed by atoms with E-state index in [1.165, 1.54) is 0 Å². The van der Waals surface area contributed by atoms with Crippen molar-refractivity contribution in [2.24, 2.45) is 0 Å². The maximum atomic E-state index is 2.36. The first-order valence-electron chi connectivity index (χ1n) is 48.4. The van der Waals surface area contributed by atoms with Crippen LogP contribution in [0.2, 0.25) is 0 Å². The Bertz CT molecular complexity index is 7260. The topological polar surface area (TPSA) is 45.8 Å². The Hall–Kier alpha value is -19.4. The van der Waals surface area contributed by atoms with Crippen molar-refractivity contribution in [2.45, 2.75) is 0 Å². The van der Waals surface area contributed by atoms with Gasteiger partial charge in [0.05, 0.1) is 0 Å². The molecule has 0 saturated heterocycles. The van der Waals surface area contributed by atoms with E-state index in [4.69, 9.17) is 0 Å². The number of aromatic nitrogens is 6. The van der Waals surface area contributed by atoms with Crippen molar-refractivity contribution in [3.05, 3.63) is 601 Å². The van der Waals surface area contributed by atoms with E-state index in [0.29, 0.717) is 0 Å². The minimum Gasteiger partial charge on any atom is -0.310 e. The fourth-order valence-electron chi connectivity index (χ4n) is 19.8. The Balaban J connectivity index is 0.000000161. The van der Waals surface area contributed by atoms with Gasteiger partial charge < -0.3 is 51.9 Å². The Morgan fingerprint density at radius 3 is 0.273 bits per heavy atom. The Kier molecular flexibility index (Phi) is 24.8. The molecule has 1 aromatic heterocycles. The van der Waals surface area contributed by atoms with Crippen molar-refractivity contribution < 1.29 is 0 Å². The average molecular weight is 1840 g/mol. The SMILES string of the molecule is c1ccc(-n2c3cccc(c3)n(-c3ccccc3)c3cccc(c3)n(-c3ccccc3)c3cccc(c3)n(-c3ccccc3)c3cccc(c3)n(-c3ccccc3)c3cccc(c3)n(-c3ccccc3)c3cccc2c3)cc1.c1ccc(N2c3cccc(c3)N(c3ccccc3)c3cccc(c3)N(c3ccccc3)c3cccc(c3)N(c3ccccc3)c3cccc(c3)N(c3ccccc3)c3cccc2c3)cc1. The van der Waals surface area contributed by atoms with Gasteiger partial charge in [0, 0.05) is 186 Å². The number of hydrogen-bond acceptors (Lipinski definition) is 5. The second kappa shape index (κ2) is 40.5. The van der Waals surface area contributed by atoms with Gasteiger partial charge >= 0.3 is 0 Å². The second-order valence-electron chi connectivity index (χ2n) is 35.1. The zero-order valence-electron chi connectivity index (χ0n) is 78.6. The van der Waals surface area contributed by atoms with Gasteiger partial charge in [-0.05, 0) is 334 Å². The van der Waals surface area contributed by atoms with Gasteiger partial charge in [-0.1, -0.05) is 267 Å². The van der Waals surface area contributed by atoms with E-state index in [1.807, 2.05) is 0 Å². The zero-order chi connectivity index (χ0) is 95.4. The monoisotopic (exact) mass is 1840 g/mol. The molecule has 682 valence electrons. The lowest BCUT2D eigenvalue weighted by Crippen LogP contribution is -2.16. The molecule has 22 aromatic carbocycles. The molecule has 2 heterocycles. The predicted molar refractivity (Wildman–Crippen MR) is 600 cm³/mol. The van der Waals surface area contributed by atoms with Crippen molar-refractivity contribution in [1.82, 2.24) is 27.4 Å². The van der Waals surface area contributed by atoms with Crippen molar-refractivity contribution >= 4 is 152 Å². The molecule has 23 aromatic rings. The third-order valence-electron chi connectivity index (χ3n) is 26.0. The van der Waals surface area contributed by atoms with Gasteiger partial charge in [-0.15, -0.1) is 0 Å².